The van der Waals surface area contributed by atoms with Crippen molar-refractivity contribution in [2.75, 3.05) is 34.5 Å². The van der Waals surface area contributed by atoms with Crippen molar-refractivity contribution < 1.29 is 23.4 Å². The highest BCUT2D eigenvalue weighted by Crippen LogP contribution is 2.49. The minimum Gasteiger partial charge on any atom is -0.493 e. The second-order valence-corrected chi connectivity index (χ2v) is 17.8. The first-order valence-electron chi connectivity index (χ1n) is 23.6. The lowest BCUT2D eigenvalue weighted by atomic mass is 9.86. The number of benzene rings is 7. The molecule has 1 aliphatic rings. The number of nitrogens with zero attached hydrogens (tertiary/aromatic N) is 2. The van der Waals surface area contributed by atoms with E-state index in [-0.39, 0.29) is 0 Å². The van der Waals surface area contributed by atoms with Crippen molar-refractivity contribution in [1.29, 1.82) is 0 Å². The van der Waals surface area contributed by atoms with Crippen LogP contribution >= 0.6 is 0 Å². The lowest BCUT2D eigenvalue weighted by molar-refractivity contribution is 0.169. The lowest BCUT2D eigenvalue weighted by Gasteiger charge is -2.18. The molecule has 0 bridgehead atoms. The molecule has 350 valence electrons. The Labute approximate surface area is 407 Å². The predicted octanol–water partition coefficient (Wildman–Crippen LogP) is 15.7. The summed E-state index contributed by atoms with van der Waals surface area (Å²) in [5.41, 5.74) is 15.7. The molecular weight excluding hydrogens is 853 g/mol. The number of hydrogen-bond acceptors (Lipinski definition) is 7. The molecule has 2 atom stereocenters. The van der Waals surface area contributed by atoms with Crippen LogP contribution in [0.15, 0.2) is 139 Å². The summed E-state index contributed by atoms with van der Waals surface area (Å²) in [4.78, 5) is 0. The van der Waals surface area contributed by atoms with Gasteiger partial charge in [-0.15, -0.1) is 23.4 Å². The third kappa shape index (κ3) is 10.5. The number of methoxy groups -OCH3 is 3. The standard InChI is InChI=1S/C39H40N2O5.C23H22/c1-26-22-31(23-27(2)28(26)3)10-8-29-12-16-33(17-13-29)38-40-41-39(46-38)34-18-14-30(15-19-34)9-11-32-24-35(43-5)37(36(25-32)44-6)45-21-7-20-42-4;1-5-16-11-17(6-2)23-15(4)21-13-19-10-8-7-9-18(19)12-20(21)14(3)22(16)23/h8-19,22-25H,7,20-21H2,1-6H3;5-10,12-13,16-17H,1-2,11H2,3-4H3/b10-8+,11-9+;. The molecular formula is C62H62N2O5. The summed E-state index contributed by atoms with van der Waals surface area (Å²) in [5.74, 6) is 3.64. The Morgan fingerprint density at radius 1 is 0.551 bits per heavy atom. The van der Waals surface area contributed by atoms with E-state index in [4.69, 9.17) is 23.4 Å². The Bertz CT molecular complexity index is 3070. The monoisotopic (exact) mass is 914 g/mol. The second-order valence-electron chi connectivity index (χ2n) is 17.8. The number of allylic oxidation sites excluding steroid dienone is 2. The van der Waals surface area contributed by atoms with Crippen molar-refractivity contribution in [1.82, 2.24) is 10.2 Å². The molecule has 1 aromatic heterocycles. The van der Waals surface area contributed by atoms with E-state index < -0.39 is 0 Å². The second kappa shape index (κ2) is 21.6. The summed E-state index contributed by atoms with van der Waals surface area (Å²) in [5, 5.41) is 14.0. The number of aromatic nitrogens is 2. The highest BCUT2D eigenvalue weighted by molar-refractivity contribution is 6.02. The zero-order chi connectivity index (χ0) is 48.6. The number of rotatable bonds is 15. The number of aryl methyl sites for hydroxylation is 4. The molecule has 0 saturated carbocycles. The maximum absolute atomic E-state index is 6.03. The molecule has 0 radical (unpaired) electrons. The minimum absolute atomic E-state index is 0.447. The molecule has 0 spiro atoms. The van der Waals surface area contributed by atoms with Crippen LogP contribution in [0.2, 0.25) is 0 Å². The van der Waals surface area contributed by atoms with E-state index in [0.29, 0.717) is 54.1 Å². The van der Waals surface area contributed by atoms with Crippen molar-refractivity contribution >= 4 is 45.8 Å². The average molecular weight is 915 g/mol. The Hall–Kier alpha value is -7.48. The van der Waals surface area contributed by atoms with Gasteiger partial charge in [0, 0.05) is 43.1 Å². The van der Waals surface area contributed by atoms with E-state index in [0.717, 1.165) is 40.7 Å². The summed E-state index contributed by atoms with van der Waals surface area (Å²) in [6.45, 7) is 20.3. The fraction of sp³-hybridized carbons (Fsp3) is 0.226. The van der Waals surface area contributed by atoms with Crippen LogP contribution in [0.1, 0.15) is 85.9 Å². The summed E-state index contributed by atoms with van der Waals surface area (Å²) >= 11 is 0. The topological polar surface area (TPSA) is 75.8 Å². The Balaban J connectivity index is 0.000000231. The molecule has 9 rings (SSSR count). The third-order valence-electron chi connectivity index (χ3n) is 13.5. The van der Waals surface area contributed by atoms with Gasteiger partial charge < -0.3 is 23.4 Å². The fourth-order valence-corrected chi connectivity index (χ4v) is 9.44. The quantitative estimate of drug-likeness (QED) is 0.0439. The molecule has 7 heteroatoms. The maximum atomic E-state index is 6.03. The third-order valence-corrected chi connectivity index (χ3v) is 13.5. The lowest BCUT2D eigenvalue weighted by Crippen LogP contribution is -2.04. The molecule has 0 N–H and O–H groups in total. The van der Waals surface area contributed by atoms with Crippen LogP contribution in [0.3, 0.4) is 0 Å². The Morgan fingerprint density at radius 3 is 1.43 bits per heavy atom. The van der Waals surface area contributed by atoms with Crippen molar-refractivity contribution in [3.8, 4) is 40.2 Å². The Kier molecular flexibility index (Phi) is 15.1. The van der Waals surface area contributed by atoms with E-state index in [1.54, 1.807) is 21.3 Å². The molecule has 2 unspecified atom stereocenters. The first-order valence-corrected chi connectivity index (χ1v) is 23.6. The molecule has 0 saturated heterocycles. The van der Waals surface area contributed by atoms with Gasteiger partial charge in [0.25, 0.3) is 0 Å². The molecule has 1 aliphatic carbocycles. The zero-order valence-electron chi connectivity index (χ0n) is 41.2. The minimum atomic E-state index is 0.447. The average Bonchev–Trinajstić information content (AvgIpc) is 4.03. The molecule has 0 amide bonds. The smallest absolute Gasteiger partial charge is 0.248 e. The van der Waals surface area contributed by atoms with E-state index in [2.05, 4.69) is 143 Å². The van der Waals surface area contributed by atoms with Gasteiger partial charge >= 0.3 is 0 Å². The van der Waals surface area contributed by atoms with Crippen molar-refractivity contribution in [2.24, 2.45) is 0 Å². The van der Waals surface area contributed by atoms with Gasteiger partial charge in [0.15, 0.2) is 11.5 Å². The molecule has 0 aliphatic heterocycles. The van der Waals surface area contributed by atoms with Gasteiger partial charge in [-0.2, -0.15) is 0 Å². The van der Waals surface area contributed by atoms with Gasteiger partial charge in [-0.3, -0.25) is 0 Å². The van der Waals surface area contributed by atoms with Crippen LogP contribution in [0, 0.1) is 34.6 Å². The largest absolute Gasteiger partial charge is 0.493 e. The molecule has 1 heterocycles. The first kappa shape index (κ1) is 48.0. The van der Waals surface area contributed by atoms with Gasteiger partial charge in [0.1, 0.15) is 0 Å². The first-order chi connectivity index (χ1) is 33.5. The predicted molar refractivity (Wildman–Crippen MR) is 287 cm³/mol. The summed E-state index contributed by atoms with van der Waals surface area (Å²) in [6.07, 6.45) is 14.4. The molecule has 7 aromatic carbocycles. The zero-order valence-corrected chi connectivity index (χ0v) is 41.2. The Morgan fingerprint density at radius 2 is 1.00 bits per heavy atom. The fourth-order valence-electron chi connectivity index (χ4n) is 9.44. The van der Waals surface area contributed by atoms with E-state index in [9.17, 15) is 0 Å². The summed E-state index contributed by atoms with van der Waals surface area (Å²) in [7, 11) is 4.91. The van der Waals surface area contributed by atoms with Gasteiger partial charge in [0.05, 0.1) is 20.8 Å². The summed E-state index contributed by atoms with van der Waals surface area (Å²) in [6, 6.07) is 37.7. The van der Waals surface area contributed by atoms with Gasteiger partial charge in [-0.1, -0.05) is 97.1 Å². The van der Waals surface area contributed by atoms with Crippen LogP contribution in [0.4, 0.5) is 0 Å². The summed E-state index contributed by atoms with van der Waals surface area (Å²) < 4.78 is 28.2. The van der Waals surface area contributed by atoms with Crippen LogP contribution in [0.25, 0.3) is 68.8 Å². The van der Waals surface area contributed by atoms with Crippen LogP contribution < -0.4 is 14.2 Å². The van der Waals surface area contributed by atoms with Crippen molar-refractivity contribution in [3.05, 3.63) is 196 Å². The molecule has 7 nitrogen and oxygen atoms in total. The van der Waals surface area contributed by atoms with Crippen LogP contribution in [0.5, 0.6) is 17.2 Å². The molecule has 69 heavy (non-hydrogen) atoms. The highest BCUT2D eigenvalue weighted by atomic mass is 16.5. The van der Waals surface area contributed by atoms with Gasteiger partial charge in [-0.05, 0) is 172 Å². The number of fused-ring (bicyclic) bond motifs is 3. The number of hydrogen-bond donors (Lipinski definition) is 0. The van der Waals surface area contributed by atoms with E-state index in [1.165, 1.54) is 66.1 Å². The number of ether oxygens (including phenoxy) is 4. The van der Waals surface area contributed by atoms with Crippen molar-refractivity contribution in [3.63, 3.8) is 0 Å². The highest BCUT2D eigenvalue weighted by Gasteiger charge is 2.32. The molecule has 0 fully saturated rings. The molecule has 8 aromatic rings. The van der Waals surface area contributed by atoms with Crippen LogP contribution in [-0.4, -0.2) is 44.7 Å². The van der Waals surface area contributed by atoms with Crippen LogP contribution in [-0.2, 0) is 4.74 Å². The van der Waals surface area contributed by atoms with Gasteiger partial charge in [0.2, 0.25) is 17.5 Å². The van der Waals surface area contributed by atoms with Crippen molar-refractivity contribution in [2.45, 2.75) is 59.3 Å². The van der Waals surface area contributed by atoms with E-state index >= 15 is 0 Å². The maximum Gasteiger partial charge on any atom is 0.248 e. The van der Waals surface area contributed by atoms with Gasteiger partial charge in [-0.25, -0.2) is 0 Å². The normalized spacial score (nSPS) is 14.3. The van der Waals surface area contributed by atoms with E-state index in [1.807, 2.05) is 60.7 Å². The SMILES string of the molecule is C=CC1CC(C=C)c2c1c(C)c1cc3ccccc3cc1c2C.COCCCOc1c(OC)cc(/C=C/c2ccc(-c3nnc(-c4ccc(/C=C/c5cc(C)c(C)c(C)c5)cc4)o3)cc2)cc1OC.